The number of aromatic nitrogens is 4. The van der Waals surface area contributed by atoms with Gasteiger partial charge in [-0.2, -0.15) is 4.91 Å². The van der Waals surface area contributed by atoms with Crippen LogP contribution in [0.1, 0.15) is 38.9 Å². The first-order valence-corrected chi connectivity index (χ1v) is 12.1. The molecule has 198 valence electrons. The molecule has 0 N–H and O–H groups in total. The molecule has 0 saturated carbocycles. The van der Waals surface area contributed by atoms with Gasteiger partial charge in [0.2, 0.25) is 0 Å². The van der Waals surface area contributed by atoms with Crippen molar-refractivity contribution in [1.29, 1.82) is 0 Å². The molecule has 2 aromatic carbocycles. The molecule has 2 aromatic heterocycles. The van der Waals surface area contributed by atoms with E-state index < -0.39 is 22.8 Å². The monoisotopic (exact) mass is 523 g/mol. The summed E-state index contributed by atoms with van der Waals surface area (Å²) >= 11 is 0. The molecule has 0 bridgehead atoms. The number of rotatable bonds is 7. The lowest BCUT2D eigenvalue weighted by molar-refractivity contribution is -0.0456. The summed E-state index contributed by atoms with van der Waals surface area (Å²) in [6, 6.07) is 8.79. The molecule has 4 aromatic rings. The summed E-state index contributed by atoms with van der Waals surface area (Å²) in [6.45, 7) is 7.58. The lowest BCUT2D eigenvalue weighted by Crippen LogP contribution is -2.55. The summed E-state index contributed by atoms with van der Waals surface area (Å²) in [5, 5.41) is 12.3. The number of benzene rings is 2. The third kappa shape index (κ3) is 4.11. The second kappa shape index (κ2) is 9.30. The van der Waals surface area contributed by atoms with Crippen LogP contribution in [0.4, 0.5) is 8.78 Å². The van der Waals surface area contributed by atoms with Crippen molar-refractivity contribution in [2.75, 3.05) is 7.11 Å². The first-order chi connectivity index (χ1) is 18.1. The Morgan fingerprint density at radius 1 is 1.16 bits per heavy atom. The number of nitrogens with zero attached hydrogens (tertiary/aromatic N) is 5. The molecule has 9 nitrogen and oxygen atoms in total. The second-order valence-corrected chi connectivity index (χ2v) is 10.1. The molecule has 0 radical (unpaired) electrons. The quantitative estimate of drug-likeness (QED) is 0.271. The molecule has 2 unspecified atom stereocenters. The van der Waals surface area contributed by atoms with Gasteiger partial charge in [-0.3, -0.25) is 0 Å². The van der Waals surface area contributed by atoms with Crippen molar-refractivity contribution in [3.8, 4) is 34.2 Å². The number of halogens is 2. The lowest BCUT2D eigenvalue weighted by atomic mass is 9.74. The van der Waals surface area contributed by atoms with Crippen molar-refractivity contribution in [2.24, 2.45) is 11.1 Å². The predicted octanol–water partition coefficient (Wildman–Crippen LogP) is 6.05. The number of fused-ring (bicyclic) bond motifs is 1. The first kappa shape index (κ1) is 25.5. The van der Waals surface area contributed by atoms with E-state index in [1.165, 1.54) is 6.07 Å². The third-order valence-corrected chi connectivity index (χ3v) is 6.99. The fourth-order valence-corrected chi connectivity index (χ4v) is 5.02. The van der Waals surface area contributed by atoms with E-state index in [2.05, 4.69) is 20.4 Å². The van der Waals surface area contributed by atoms with E-state index in [1.807, 2.05) is 29.7 Å². The fourth-order valence-electron chi connectivity index (χ4n) is 5.02. The number of oxazole rings is 1. The average Bonchev–Trinajstić information content (AvgIpc) is 3.52. The van der Waals surface area contributed by atoms with Crippen LogP contribution in [-0.2, 0) is 12.1 Å². The molecule has 3 heterocycles. The molecule has 0 amide bonds. The largest absolute Gasteiger partial charge is 0.496 e. The molecular formula is C27H27F2N5O4. The standard InChI is InChI=1S/C27H27F2N5O4/c1-15-12-27(26(3,4)33-35,38-18-7-9-20(28)21(29)11-18)25-32-31-24(34(25)14-15)17-6-8-19(22(10-17)36-5)23-13-30-16(2)37-23/h6-11,13,15H,12,14H2,1-5H3. The Morgan fingerprint density at radius 3 is 2.61 bits per heavy atom. The van der Waals surface area contributed by atoms with Gasteiger partial charge in [-0.25, -0.2) is 13.8 Å². The summed E-state index contributed by atoms with van der Waals surface area (Å²) in [4.78, 5) is 16.3. The van der Waals surface area contributed by atoms with Gasteiger partial charge in [0.15, 0.2) is 40.5 Å². The highest BCUT2D eigenvalue weighted by atomic mass is 19.2. The summed E-state index contributed by atoms with van der Waals surface area (Å²) < 4.78 is 47.2. The topological polar surface area (TPSA) is 105 Å². The van der Waals surface area contributed by atoms with Gasteiger partial charge in [0.1, 0.15) is 17.0 Å². The van der Waals surface area contributed by atoms with Crippen molar-refractivity contribution < 1.29 is 22.7 Å². The maximum absolute atomic E-state index is 14.1. The van der Waals surface area contributed by atoms with E-state index in [1.54, 1.807) is 34.1 Å². The molecule has 38 heavy (non-hydrogen) atoms. The van der Waals surface area contributed by atoms with Crippen LogP contribution < -0.4 is 9.47 Å². The van der Waals surface area contributed by atoms with Gasteiger partial charge in [-0.05, 0) is 44.0 Å². The number of nitroso groups, excluding NO2 is 1. The number of hydrogen-bond donors (Lipinski definition) is 0. The minimum Gasteiger partial charge on any atom is -0.496 e. The summed E-state index contributed by atoms with van der Waals surface area (Å²) in [5.74, 6) is 0.559. The highest BCUT2D eigenvalue weighted by Crippen LogP contribution is 2.48. The van der Waals surface area contributed by atoms with Crippen LogP contribution in [0.5, 0.6) is 11.5 Å². The van der Waals surface area contributed by atoms with Gasteiger partial charge in [0.25, 0.3) is 0 Å². The van der Waals surface area contributed by atoms with Crippen LogP contribution in [0, 0.1) is 29.4 Å². The normalized spacial score (nSPS) is 19.2. The SMILES string of the molecule is COc1cc(-c2nnc3n2CC(C)CC3(Oc2ccc(F)c(F)c2)C(C)(C)N=O)ccc1-c1cnc(C)o1. The van der Waals surface area contributed by atoms with Gasteiger partial charge >= 0.3 is 0 Å². The van der Waals surface area contributed by atoms with E-state index in [0.717, 1.165) is 17.7 Å². The molecule has 1 aliphatic rings. The zero-order valence-electron chi connectivity index (χ0n) is 21.7. The van der Waals surface area contributed by atoms with Gasteiger partial charge in [0, 0.05) is 31.5 Å². The van der Waals surface area contributed by atoms with Crippen LogP contribution in [-0.4, -0.2) is 32.4 Å². The second-order valence-electron chi connectivity index (χ2n) is 10.1. The van der Waals surface area contributed by atoms with Crippen molar-refractivity contribution in [2.45, 2.75) is 51.8 Å². The minimum absolute atomic E-state index is 0.00177. The summed E-state index contributed by atoms with van der Waals surface area (Å²) in [6.07, 6.45) is 1.99. The van der Waals surface area contributed by atoms with Crippen LogP contribution in [0.3, 0.4) is 0 Å². The third-order valence-electron chi connectivity index (χ3n) is 6.99. The van der Waals surface area contributed by atoms with Gasteiger partial charge < -0.3 is 18.5 Å². The molecule has 5 rings (SSSR count). The van der Waals surface area contributed by atoms with Gasteiger partial charge in [-0.1, -0.05) is 18.2 Å². The predicted molar refractivity (Wildman–Crippen MR) is 135 cm³/mol. The molecule has 0 fully saturated rings. The maximum atomic E-state index is 14.1. The van der Waals surface area contributed by atoms with Gasteiger partial charge in [0.05, 0.1) is 18.9 Å². The fraction of sp³-hybridized carbons (Fsp3) is 0.370. The van der Waals surface area contributed by atoms with Crippen molar-refractivity contribution >= 4 is 0 Å². The van der Waals surface area contributed by atoms with E-state index in [0.29, 0.717) is 47.6 Å². The first-order valence-electron chi connectivity index (χ1n) is 12.1. The Hall–Kier alpha value is -4.15. The number of hydrogen-bond acceptors (Lipinski definition) is 8. The zero-order valence-corrected chi connectivity index (χ0v) is 21.7. The molecule has 11 heteroatoms. The van der Waals surface area contributed by atoms with Crippen LogP contribution in [0.2, 0.25) is 0 Å². The number of ether oxygens (including phenoxy) is 2. The van der Waals surface area contributed by atoms with Gasteiger partial charge in [-0.15, -0.1) is 10.2 Å². The highest BCUT2D eigenvalue weighted by Gasteiger charge is 2.57. The Morgan fingerprint density at radius 2 is 1.95 bits per heavy atom. The summed E-state index contributed by atoms with van der Waals surface area (Å²) in [5.41, 5.74) is -1.29. The molecule has 2 atom stereocenters. The van der Waals surface area contributed by atoms with E-state index in [-0.39, 0.29) is 11.7 Å². The number of methoxy groups -OCH3 is 1. The molecule has 0 aliphatic carbocycles. The van der Waals surface area contributed by atoms with Crippen molar-refractivity contribution in [3.05, 3.63) is 70.9 Å². The Bertz CT molecular complexity index is 1520. The van der Waals surface area contributed by atoms with E-state index in [9.17, 15) is 13.7 Å². The Balaban J connectivity index is 1.64. The molecule has 1 aliphatic heterocycles. The zero-order chi connectivity index (χ0) is 27.2. The minimum atomic E-state index is -1.40. The smallest absolute Gasteiger partial charge is 0.196 e. The molecule has 0 saturated heterocycles. The van der Waals surface area contributed by atoms with E-state index >= 15 is 0 Å². The Labute approximate surface area is 217 Å². The average molecular weight is 524 g/mol. The maximum Gasteiger partial charge on any atom is 0.196 e. The summed E-state index contributed by atoms with van der Waals surface area (Å²) in [7, 11) is 1.56. The van der Waals surface area contributed by atoms with Crippen LogP contribution in [0.15, 0.2) is 52.2 Å². The van der Waals surface area contributed by atoms with Crippen LogP contribution >= 0.6 is 0 Å². The van der Waals surface area contributed by atoms with Crippen molar-refractivity contribution in [3.63, 3.8) is 0 Å². The Kier molecular flexibility index (Phi) is 6.24. The van der Waals surface area contributed by atoms with E-state index in [4.69, 9.17) is 13.9 Å². The number of aryl methyl sites for hydroxylation is 1. The lowest BCUT2D eigenvalue weighted by Gasteiger charge is -2.45. The van der Waals surface area contributed by atoms with Crippen LogP contribution in [0.25, 0.3) is 22.7 Å². The molecular weight excluding hydrogens is 496 g/mol. The van der Waals surface area contributed by atoms with Crippen molar-refractivity contribution in [1.82, 2.24) is 19.7 Å². The highest BCUT2D eigenvalue weighted by molar-refractivity contribution is 5.71. The molecule has 0 spiro atoms.